The highest BCUT2D eigenvalue weighted by molar-refractivity contribution is 5.94. The summed E-state index contributed by atoms with van der Waals surface area (Å²) in [5.41, 5.74) is 5.41. The molecule has 4 aromatic rings. The third-order valence-electron chi connectivity index (χ3n) is 4.91. The number of hydrogen-bond acceptors (Lipinski definition) is 5. The fourth-order valence-corrected chi connectivity index (χ4v) is 3.29. The van der Waals surface area contributed by atoms with E-state index in [0.717, 1.165) is 28.3 Å². The van der Waals surface area contributed by atoms with Gasteiger partial charge in [0, 0.05) is 30.4 Å². The molecule has 0 fully saturated rings. The van der Waals surface area contributed by atoms with Crippen molar-refractivity contribution in [3.63, 3.8) is 0 Å². The first-order chi connectivity index (χ1) is 14.0. The Hall–Kier alpha value is -3.81. The van der Waals surface area contributed by atoms with Gasteiger partial charge >= 0.3 is 0 Å². The summed E-state index contributed by atoms with van der Waals surface area (Å²) in [4.78, 5) is 14.6. The lowest BCUT2D eigenvalue weighted by atomic mass is 10.1. The van der Waals surface area contributed by atoms with Crippen LogP contribution in [0.5, 0.6) is 0 Å². The number of rotatable bonds is 5. The highest BCUT2D eigenvalue weighted by atomic mass is 16.2. The molecule has 2 aromatic carbocycles. The van der Waals surface area contributed by atoms with Gasteiger partial charge in [-0.15, -0.1) is 5.10 Å². The highest BCUT2D eigenvalue weighted by Gasteiger charge is 2.18. The Kier molecular flexibility index (Phi) is 4.90. The summed E-state index contributed by atoms with van der Waals surface area (Å²) in [5.74, 6) is -0.0560. The number of aromatic nitrogens is 6. The summed E-state index contributed by atoms with van der Waals surface area (Å²) in [6.45, 7) is 4.49. The van der Waals surface area contributed by atoms with Crippen LogP contribution in [-0.2, 0) is 6.54 Å². The maximum Gasteiger partial charge on any atom is 0.253 e. The summed E-state index contributed by atoms with van der Waals surface area (Å²) < 4.78 is 3.46. The average molecular weight is 387 g/mol. The van der Waals surface area contributed by atoms with Crippen molar-refractivity contribution in [1.29, 1.82) is 0 Å². The van der Waals surface area contributed by atoms with Crippen molar-refractivity contribution in [1.82, 2.24) is 34.9 Å². The summed E-state index contributed by atoms with van der Waals surface area (Å²) in [6.07, 6.45) is 1.51. The first-order valence-corrected chi connectivity index (χ1v) is 9.24. The molecule has 1 amide bonds. The van der Waals surface area contributed by atoms with E-state index >= 15 is 0 Å². The molecule has 8 heteroatoms. The Bertz CT molecular complexity index is 1120. The maximum atomic E-state index is 12.9. The summed E-state index contributed by atoms with van der Waals surface area (Å²) in [6, 6.07) is 17.2. The van der Waals surface area contributed by atoms with Crippen LogP contribution in [0.3, 0.4) is 0 Å². The average Bonchev–Trinajstić information content (AvgIpc) is 3.38. The number of benzene rings is 2. The van der Waals surface area contributed by atoms with Gasteiger partial charge in [-0.3, -0.25) is 4.79 Å². The molecule has 0 spiro atoms. The standard InChI is InChI=1S/C21H21N7O/c1-15-20(16(2)28(23-15)19-7-5-4-6-8-19)13-26(3)21(29)17-9-11-18(12-10-17)27-14-22-24-25-27/h4-12,14H,13H2,1-3H3. The molecule has 29 heavy (non-hydrogen) atoms. The van der Waals surface area contributed by atoms with Crippen molar-refractivity contribution in [2.75, 3.05) is 7.05 Å². The van der Waals surface area contributed by atoms with Crippen LogP contribution < -0.4 is 0 Å². The number of nitrogens with zero attached hydrogens (tertiary/aromatic N) is 7. The fraction of sp³-hybridized carbons (Fsp3) is 0.190. The lowest BCUT2D eigenvalue weighted by Gasteiger charge is -2.18. The van der Waals surface area contributed by atoms with Crippen LogP contribution >= 0.6 is 0 Å². The van der Waals surface area contributed by atoms with Crippen LogP contribution in [0, 0.1) is 13.8 Å². The fourth-order valence-electron chi connectivity index (χ4n) is 3.29. The molecule has 2 heterocycles. The molecule has 0 aliphatic rings. The topological polar surface area (TPSA) is 81.7 Å². The quantitative estimate of drug-likeness (QED) is 0.526. The summed E-state index contributed by atoms with van der Waals surface area (Å²) >= 11 is 0. The Morgan fingerprint density at radius 1 is 1.00 bits per heavy atom. The third-order valence-corrected chi connectivity index (χ3v) is 4.91. The molecule has 0 unspecified atom stereocenters. The minimum atomic E-state index is -0.0560. The molecule has 0 aliphatic carbocycles. The van der Waals surface area contributed by atoms with Crippen LogP contribution in [-0.4, -0.2) is 47.8 Å². The van der Waals surface area contributed by atoms with Crippen molar-refractivity contribution < 1.29 is 4.79 Å². The van der Waals surface area contributed by atoms with Crippen LogP contribution in [0.2, 0.25) is 0 Å². The van der Waals surface area contributed by atoms with Gasteiger partial charge in [-0.05, 0) is 60.7 Å². The first-order valence-electron chi connectivity index (χ1n) is 9.24. The Morgan fingerprint density at radius 2 is 1.72 bits per heavy atom. The van der Waals surface area contributed by atoms with Crippen molar-refractivity contribution in [3.05, 3.63) is 83.4 Å². The van der Waals surface area contributed by atoms with Gasteiger partial charge < -0.3 is 4.90 Å². The van der Waals surface area contributed by atoms with E-state index in [0.29, 0.717) is 12.1 Å². The van der Waals surface area contributed by atoms with E-state index in [4.69, 9.17) is 0 Å². The van der Waals surface area contributed by atoms with Crippen LogP contribution in [0.25, 0.3) is 11.4 Å². The van der Waals surface area contributed by atoms with E-state index in [1.807, 2.05) is 61.0 Å². The largest absolute Gasteiger partial charge is 0.337 e. The molecule has 8 nitrogen and oxygen atoms in total. The smallest absolute Gasteiger partial charge is 0.253 e. The van der Waals surface area contributed by atoms with Crippen LogP contribution in [0.15, 0.2) is 60.9 Å². The molecule has 0 atom stereocenters. The summed E-state index contributed by atoms with van der Waals surface area (Å²) in [5, 5.41) is 15.8. The van der Waals surface area contributed by atoms with Gasteiger partial charge in [-0.25, -0.2) is 9.36 Å². The second kappa shape index (κ2) is 7.67. The number of carbonyl (C=O) groups excluding carboxylic acids is 1. The molecular formula is C21H21N7O. The molecule has 146 valence electrons. The second-order valence-corrected chi connectivity index (χ2v) is 6.86. The van der Waals surface area contributed by atoms with Gasteiger partial charge in [0.2, 0.25) is 0 Å². The molecule has 0 saturated carbocycles. The normalized spacial score (nSPS) is 10.9. The van der Waals surface area contributed by atoms with Crippen LogP contribution in [0.4, 0.5) is 0 Å². The lowest BCUT2D eigenvalue weighted by Crippen LogP contribution is -2.26. The summed E-state index contributed by atoms with van der Waals surface area (Å²) in [7, 11) is 1.80. The zero-order valence-corrected chi connectivity index (χ0v) is 16.5. The number of hydrogen-bond donors (Lipinski definition) is 0. The predicted molar refractivity (Wildman–Crippen MR) is 108 cm³/mol. The molecular weight excluding hydrogens is 366 g/mol. The van der Waals surface area contributed by atoms with Crippen molar-refractivity contribution in [2.24, 2.45) is 0 Å². The van der Waals surface area contributed by atoms with Gasteiger partial charge in [0.25, 0.3) is 5.91 Å². The minimum Gasteiger partial charge on any atom is -0.337 e. The van der Waals surface area contributed by atoms with E-state index in [1.165, 1.54) is 6.33 Å². The van der Waals surface area contributed by atoms with Gasteiger partial charge in [-0.2, -0.15) is 5.10 Å². The third kappa shape index (κ3) is 3.64. The zero-order chi connectivity index (χ0) is 20.4. The number of amides is 1. The Balaban J connectivity index is 1.53. The Labute approximate surface area is 168 Å². The van der Waals surface area contributed by atoms with Crippen LogP contribution in [0.1, 0.15) is 27.3 Å². The molecule has 0 N–H and O–H groups in total. The first kappa shape index (κ1) is 18.5. The molecule has 2 aromatic heterocycles. The molecule has 0 aliphatic heterocycles. The second-order valence-electron chi connectivity index (χ2n) is 6.86. The monoisotopic (exact) mass is 387 g/mol. The lowest BCUT2D eigenvalue weighted by molar-refractivity contribution is 0.0785. The van der Waals surface area contributed by atoms with E-state index < -0.39 is 0 Å². The number of carbonyl (C=O) groups is 1. The van der Waals surface area contributed by atoms with E-state index in [9.17, 15) is 4.79 Å². The number of para-hydroxylation sites is 1. The van der Waals surface area contributed by atoms with Crippen molar-refractivity contribution in [3.8, 4) is 11.4 Å². The molecule has 0 saturated heterocycles. The van der Waals surface area contributed by atoms with Crippen molar-refractivity contribution in [2.45, 2.75) is 20.4 Å². The highest BCUT2D eigenvalue weighted by Crippen LogP contribution is 2.20. The van der Waals surface area contributed by atoms with E-state index in [2.05, 4.69) is 20.6 Å². The predicted octanol–water partition coefficient (Wildman–Crippen LogP) is 2.74. The maximum absolute atomic E-state index is 12.9. The molecule has 0 bridgehead atoms. The van der Waals surface area contributed by atoms with E-state index in [-0.39, 0.29) is 5.91 Å². The van der Waals surface area contributed by atoms with Gasteiger partial charge in [0.1, 0.15) is 6.33 Å². The molecule has 0 radical (unpaired) electrons. The van der Waals surface area contributed by atoms with Crippen molar-refractivity contribution >= 4 is 5.91 Å². The Morgan fingerprint density at radius 3 is 2.38 bits per heavy atom. The molecule has 4 rings (SSSR count). The van der Waals surface area contributed by atoms with Gasteiger partial charge in [0.15, 0.2) is 0 Å². The zero-order valence-electron chi connectivity index (χ0n) is 16.5. The SMILES string of the molecule is Cc1nn(-c2ccccc2)c(C)c1CN(C)C(=O)c1ccc(-n2cnnn2)cc1. The number of aryl methyl sites for hydroxylation is 1. The van der Waals surface area contributed by atoms with E-state index in [1.54, 1.807) is 28.8 Å². The number of tetrazole rings is 1. The van der Waals surface area contributed by atoms with Gasteiger partial charge in [-0.1, -0.05) is 18.2 Å². The van der Waals surface area contributed by atoms with Gasteiger partial charge in [0.05, 0.1) is 17.1 Å². The minimum absolute atomic E-state index is 0.0560.